The molecule has 1 aromatic heterocycles. The van der Waals surface area contributed by atoms with Gasteiger partial charge in [-0.1, -0.05) is 29.3 Å². The van der Waals surface area contributed by atoms with Crippen molar-refractivity contribution >= 4 is 40.5 Å². The van der Waals surface area contributed by atoms with Gasteiger partial charge in [0.15, 0.2) is 5.69 Å². The van der Waals surface area contributed by atoms with Crippen molar-refractivity contribution in [2.75, 3.05) is 7.11 Å². The van der Waals surface area contributed by atoms with Gasteiger partial charge in [0.25, 0.3) is 0 Å². The van der Waals surface area contributed by atoms with E-state index in [1.165, 1.54) is 18.4 Å². The van der Waals surface area contributed by atoms with Gasteiger partial charge in [-0.3, -0.25) is 0 Å². The molecule has 88 valence electrons. The lowest BCUT2D eigenvalue weighted by Gasteiger charge is -1.99. The van der Waals surface area contributed by atoms with Gasteiger partial charge in [-0.2, -0.15) is 0 Å². The lowest BCUT2D eigenvalue weighted by Crippen LogP contribution is -2.00. The normalized spacial score (nSPS) is 10.3. The summed E-state index contributed by atoms with van der Waals surface area (Å²) in [5, 5.41) is 3.28. The molecule has 0 amide bonds. The molecule has 6 heteroatoms. The Morgan fingerprint density at radius 3 is 2.76 bits per heavy atom. The summed E-state index contributed by atoms with van der Waals surface area (Å²) in [4.78, 5) is 15.4. The second-order valence-electron chi connectivity index (χ2n) is 3.16. The lowest BCUT2D eigenvalue weighted by atomic mass is 10.2. The highest BCUT2D eigenvalue weighted by Gasteiger charge is 2.12. The van der Waals surface area contributed by atoms with E-state index in [-0.39, 0.29) is 0 Å². The third-order valence-corrected chi connectivity index (χ3v) is 3.70. The monoisotopic (exact) mass is 287 g/mol. The first-order valence-corrected chi connectivity index (χ1v) is 6.24. The number of thiazole rings is 1. The molecule has 0 aliphatic rings. The van der Waals surface area contributed by atoms with Crippen LogP contribution in [0.4, 0.5) is 0 Å². The maximum Gasteiger partial charge on any atom is 0.357 e. The van der Waals surface area contributed by atoms with Crippen LogP contribution in [0.5, 0.6) is 0 Å². The van der Waals surface area contributed by atoms with E-state index >= 15 is 0 Å². The van der Waals surface area contributed by atoms with Gasteiger partial charge in [0.05, 0.1) is 17.2 Å². The third-order valence-electron chi connectivity index (χ3n) is 2.07. The summed E-state index contributed by atoms with van der Waals surface area (Å²) >= 11 is 13.1. The first-order chi connectivity index (χ1) is 8.11. The lowest BCUT2D eigenvalue weighted by molar-refractivity contribution is 0.0595. The topological polar surface area (TPSA) is 39.2 Å². The Hall–Kier alpha value is -1.10. The maximum atomic E-state index is 11.3. The largest absolute Gasteiger partial charge is 0.464 e. The number of hydrogen-bond donors (Lipinski definition) is 0. The number of hydrogen-bond acceptors (Lipinski definition) is 4. The smallest absolute Gasteiger partial charge is 0.357 e. The van der Waals surface area contributed by atoms with Crippen LogP contribution in [-0.2, 0) is 4.74 Å². The molecule has 2 rings (SSSR count). The van der Waals surface area contributed by atoms with E-state index in [0.717, 1.165) is 5.56 Å². The average Bonchev–Trinajstić information content (AvgIpc) is 2.81. The number of halogens is 2. The first kappa shape index (κ1) is 12.4. The number of carbonyl (C=O) groups is 1. The quantitative estimate of drug-likeness (QED) is 0.787. The zero-order valence-corrected chi connectivity index (χ0v) is 11.1. The van der Waals surface area contributed by atoms with Crippen molar-refractivity contribution in [2.24, 2.45) is 0 Å². The molecule has 0 bridgehead atoms. The molecule has 3 nitrogen and oxygen atoms in total. The molecular weight excluding hydrogens is 281 g/mol. The van der Waals surface area contributed by atoms with E-state index in [1.54, 1.807) is 23.6 Å². The predicted molar refractivity (Wildman–Crippen MR) is 68.9 cm³/mol. The summed E-state index contributed by atoms with van der Waals surface area (Å²) < 4.78 is 4.59. The summed E-state index contributed by atoms with van der Waals surface area (Å²) in [7, 11) is 1.32. The summed E-state index contributed by atoms with van der Waals surface area (Å²) in [6.07, 6.45) is 0. The summed E-state index contributed by atoms with van der Waals surface area (Å²) in [5.74, 6) is -0.451. The highest BCUT2D eigenvalue weighted by molar-refractivity contribution is 7.13. The molecule has 0 saturated carbocycles. The second-order valence-corrected chi connectivity index (χ2v) is 4.83. The van der Waals surface area contributed by atoms with E-state index < -0.39 is 5.97 Å². The fourth-order valence-electron chi connectivity index (χ4n) is 1.23. The van der Waals surface area contributed by atoms with Gasteiger partial charge in [0, 0.05) is 10.9 Å². The number of rotatable bonds is 2. The zero-order chi connectivity index (χ0) is 12.4. The summed E-state index contributed by atoms with van der Waals surface area (Å²) in [6, 6.07) is 5.20. The van der Waals surface area contributed by atoms with E-state index in [1.807, 2.05) is 0 Å². The molecule has 0 radical (unpaired) electrons. The van der Waals surface area contributed by atoms with Crippen LogP contribution >= 0.6 is 34.5 Å². The Balaban J connectivity index is 2.37. The molecule has 0 unspecified atom stereocenters. The van der Waals surface area contributed by atoms with Crippen molar-refractivity contribution < 1.29 is 9.53 Å². The van der Waals surface area contributed by atoms with Crippen molar-refractivity contribution in [1.82, 2.24) is 4.98 Å². The fourth-order valence-corrected chi connectivity index (χ4v) is 2.32. The minimum atomic E-state index is -0.451. The molecule has 0 aliphatic carbocycles. The molecule has 1 heterocycles. The minimum absolute atomic E-state index is 0.290. The van der Waals surface area contributed by atoms with Crippen LogP contribution < -0.4 is 0 Å². The minimum Gasteiger partial charge on any atom is -0.464 e. The Morgan fingerprint density at radius 2 is 2.12 bits per heavy atom. The standard InChI is InChI=1S/C11H7Cl2NO2S/c1-16-11(15)9-5-17-10(14-9)6-2-3-7(12)8(13)4-6/h2-5H,1H3. The van der Waals surface area contributed by atoms with Crippen LogP contribution in [0.2, 0.25) is 10.0 Å². The molecular formula is C11H7Cl2NO2S. The Morgan fingerprint density at radius 1 is 1.35 bits per heavy atom. The van der Waals surface area contributed by atoms with Crippen LogP contribution in [-0.4, -0.2) is 18.1 Å². The fraction of sp³-hybridized carbons (Fsp3) is 0.0909. The molecule has 0 atom stereocenters. The molecule has 1 aromatic carbocycles. The van der Waals surface area contributed by atoms with Crippen molar-refractivity contribution in [3.8, 4) is 10.6 Å². The third kappa shape index (κ3) is 2.60. The number of esters is 1. The van der Waals surface area contributed by atoms with Crippen molar-refractivity contribution in [2.45, 2.75) is 0 Å². The highest BCUT2D eigenvalue weighted by Crippen LogP contribution is 2.30. The van der Waals surface area contributed by atoms with E-state index in [0.29, 0.717) is 20.7 Å². The maximum absolute atomic E-state index is 11.3. The zero-order valence-electron chi connectivity index (χ0n) is 8.74. The Bertz CT molecular complexity index is 568. The van der Waals surface area contributed by atoms with Gasteiger partial charge in [-0.25, -0.2) is 9.78 Å². The van der Waals surface area contributed by atoms with Crippen molar-refractivity contribution in [3.05, 3.63) is 39.3 Å². The van der Waals surface area contributed by atoms with Crippen LogP contribution in [0.3, 0.4) is 0 Å². The van der Waals surface area contributed by atoms with Crippen LogP contribution in [0.1, 0.15) is 10.5 Å². The van der Waals surface area contributed by atoms with Gasteiger partial charge in [-0.05, 0) is 12.1 Å². The molecule has 17 heavy (non-hydrogen) atoms. The molecule has 0 aliphatic heterocycles. The number of benzene rings is 1. The summed E-state index contributed by atoms with van der Waals surface area (Å²) in [6.45, 7) is 0. The number of methoxy groups -OCH3 is 1. The van der Waals surface area contributed by atoms with Crippen LogP contribution in [0.25, 0.3) is 10.6 Å². The predicted octanol–water partition coefficient (Wildman–Crippen LogP) is 3.90. The average molecular weight is 288 g/mol. The van der Waals surface area contributed by atoms with Gasteiger partial charge in [0.1, 0.15) is 5.01 Å². The Kier molecular flexibility index (Phi) is 3.66. The molecule has 2 aromatic rings. The van der Waals surface area contributed by atoms with Crippen molar-refractivity contribution in [1.29, 1.82) is 0 Å². The molecule has 0 fully saturated rings. The van der Waals surface area contributed by atoms with Gasteiger partial charge >= 0.3 is 5.97 Å². The molecule has 0 N–H and O–H groups in total. The van der Waals surface area contributed by atoms with E-state index in [2.05, 4.69) is 9.72 Å². The highest BCUT2D eigenvalue weighted by atomic mass is 35.5. The van der Waals surface area contributed by atoms with Crippen LogP contribution in [0, 0.1) is 0 Å². The number of ether oxygens (including phenoxy) is 1. The van der Waals surface area contributed by atoms with Gasteiger partial charge < -0.3 is 4.74 Å². The molecule has 0 spiro atoms. The SMILES string of the molecule is COC(=O)c1csc(-c2ccc(Cl)c(Cl)c2)n1. The van der Waals surface area contributed by atoms with Crippen LogP contribution in [0.15, 0.2) is 23.6 Å². The number of nitrogens with zero attached hydrogens (tertiary/aromatic N) is 1. The number of carbonyl (C=O) groups excluding carboxylic acids is 1. The summed E-state index contributed by atoms with van der Waals surface area (Å²) in [5.41, 5.74) is 1.11. The van der Waals surface area contributed by atoms with E-state index in [4.69, 9.17) is 23.2 Å². The second kappa shape index (κ2) is 5.04. The molecule has 0 saturated heterocycles. The van der Waals surface area contributed by atoms with Crippen molar-refractivity contribution in [3.63, 3.8) is 0 Å². The van der Waals surface area contributed by atoms with Gasteiger partial charge in [0.2, 0.25) is 0 Å². The number of aromatic nitrogens is 1. The first-order valence-electron chi connectivity index (χ1n) is 4.61. The Labute approximate surface area is 112 Å². The van der Waals surface area contributed by atoms with E-state index in [9.17, 15) is 4.79 Å². The van der Waals surface area contributed by atoms with Gasteiger partial charge in [-0.15, -0.1) is 11.3 Å².